The van der Waals surface area contributed by atoms with Gasteiger partial charge in [-0.05, 0) is 25.7 Å². The van der Waals surface area contributed by atoms with E-state index in [1.165, 1.54) is 89.9 Å². The van der Waals surface area contributed by atoms with E-state index in [2.05, 4.69) is 26.0 Å². The number of hydrogen-bond donors (Lipinski definition) is 0. The van der Waals surface area contributed by atoms with Gasteiger partial charge < -0.3 is 0 Å². The smallest absolute Gasteiger partial charge is 0.0351 e. The molecule has 0 rings (SSSR count). The number of allylic oxidation sites excluding steroid dienone is 2. The molecule has 19 heavy (non-hydrogen) atoms. The fraction of sp³-hybridized carbons (Fsp3) is 0.842. The zero-order valence-corrected chi connectivity index (χ0v) is 13.5. The molecule has 113 valence electrons. The fourth-order valence-electron chi connectivity index (χ4n) is 2.42. The van der Waals surface area contributed by atoms with Gasteiger partial charge in [0, 0.05) is 0 Å². The molecule has 0 fully saturated rings. The van der Waals surface area contributed by atoms with Crippen molar-refractivity contribution in [3.63, 3.8) is 0 Å². The first-order chi connectivity index (χ1) is 9.41. The van der Waals surface area contributed by atoms with Gasteiger partial charge in [-0.3, -0.25) is 0 Å². The van der Waals surface area contributed by atoms with Crippen molar-refractivity contribution >= 4 is 0 Å². The summed E-state index contributed by atoms with van der Waals surface area (Å²) in [7, 11) is 0. The molecule has 0 aromatic rings. The lowest BCUT2D eigenvalue weighted by molar-refractivity contribution is 0.583. The molecule has 0 bridgehead atoms. The average Bonchev–Trinajstić information content (AvgIpc) is 2.43. The number of hydrogen-bond acceptors (Lipinski definition) is 0. The molecule has 0 heterocycles. The van der Waals surface area contributed by atoms with Gasteiger partial charge in [0.25, 0.3) is 0 Å². The van der Waals surface area contributed by atoms with Crippen LogP contribution in [-0.2, 0) is 0 Å². The summed E-state index contributed by atoms with van der Waals surface area (Å²) in [6, 6.07) is 0. The highest BCUT2D eigenvalue weighted by Gasteiger charge is 1.90. The van der Waals surface area contributed by atoms with Gasteiger partial charge >= 0.3 is 0 Å². The van der Waals surface area contributed by atoms with Gasteiger partial charge in [-0.1, -0.05) is 96.6 Å². The monoisotopic (exact) mass is 265 g/mol. The summed E-state index contributed by atoms with van der Waals surface area (Å²) in [5.74, 6) is 0. The molecule has 0 heteroatoms. The summed E-state index contributed by atoms with van der Waals surface area (Å²) < 4.78 is 0. The third kappa shape index (κ3) is 17.7. The van der Waals surface area contributed by atoms with E-state index < -0.39 is 0 Å². The summed E-state index contributed by atoms with van der Waals surface area (Å²) >= 11 is 0. The molecular formula is C19H37. The van der Waals surface area contributed by atoms with E-state index in [-0.39, 0.29) is 0 Å². The van der Waals surface area contributed by atoms with E-state index in [0.717, 1.165) is 6.42 Å². The van der Waals surface area contributed by atoms with Crippen molar-refractivity contribution in [2.75, 3.05) is 0 Å². The van der Waals surface area contributed by atoms with Gasteiger partial charge in [0.2, 0.25) is 0 Å². The molecule has 0 aliphatic heterocycles. The van der Waals surface area contributed by atoms with Crippen LogP contribution in [-0.4, -0.2) is 0 Å². The van der Waals surface area contributed by atoms with Crippen LogP contribution in [0.3, 0.4) is 0 Å². The Balaban J connectivity index is 3.00. The van der Waals surface area contributed by atoms with Crippen LogP contribution in [0.4, 0.5) is 0 Å². The van der Waals surface area contributed by atoms with Gasteiger partial charge in [0.05, 0.1) is 0 Å². The molecule has 0 aromatic carbocycles. The second-order valence-electron chi connectivity index (χ2n) is 5.79. The van der Waals surface area contributed by atoms with Gasteiger partial charge in [0.15, 0.2) is 0 Å². The van der Waals surface area contributed by atoms with E-state index in [4.69, 9.17) is 0 Å². The normalized spacial score (nSPS) is 11.5. The predicted molar refractivity (Wildman–Crippen MR) is 89.4 cm³/mol. The third-order valence-corrected chi connectivity index (χ3v) is 3.76. The average molecular weight is 266 g/mol. The molecule has 0 aromatic heterocycles. The van der Waals surface area contributed by atoms with Crippen LogP contribution in [0.25, 0.3) is 0 Å². The minimum Gasteiger partial charge on any atom is -0.0885 e. The fourth-order valence-corrected chi connectivity index (χ4v) is 2.42. The van der Waals surface area contributed by atoms with Crippen molar-refractivity contribution < 1.29 is 0 Å². The molecule has 0 spiro atoms. The van der Waals surface area contributed by atoms with Crippen molar-refractivity contribution in [3.05, 3.63) is 19.1 Å². The number of rotatable bonds is 15. The molecule has 0 saturated carbocycles. The highest BCUT2D eigenvalue weighted by atomic mass is 14.0. The SMILES string of the molecule is [CH2]CCCCCCCCC/C=C\CCCCCCC. The molecule has 0 amide bonds. The van der Waals surface area contributed by atoms with Crippen LogP contribution in [0.2, 0.25) is 0 Å². The van der Waals surface area contributed by atoms with Gasteiger partial charge in [-0.25, -0.2) is 0 Å². The van der Waals surface area contributed by atoms with Crippen molar-refractivity contribution in [2.45, 2.75) is 103 Å². The Kier molecular flexibility index (Phi) is 17.5. The maximum atomic E-state index is 3.88. The molecule has 0 aliphatic rings. The molecular weight excluding hydrogens is 228 g/mol. The summed E-state index contributed by atoms with van der Waals surface area (Å²) in [6.07, 6.45) is 25.3. The Bertz CT molecular complexity index is 169. The zero-order valence-electron chi connectivity index (χ0n) is 13.5. The number of unbranched alkanes of at least 4 members (excludes halogenated alkanes) is 13. The largest absolute Gasteiger partial charge is 0.0885 e. The van der Waals surface area contributed by atoms with Crippen molar-refractivity contribution in [1.29, 1.82) is 0 Å². The van der Waals surface area contributed by atoms with Gasteiger partial charge in [-0.15, -0.1) is 0 Å². The molecule has 0 atom stereocenters. The summed E-state index contributed by atoms with van der Waals surface area (Å²) in [5, 5.41) is 0. The zero-order chi connectivity index (χ0) is 14.0. The van der Waals surface area contributed by atoms with Crippen molar-refractivity contribution in [1.82, 2.24) is 0 Å². The standard InChI is InChI=1S/C19H37/c1-3-5-7-9-11-13-15-17-19-18-16-14-12-10-8-6-4-2/h16,18H,1,3-15,17,19H2,2H3/b18-16-. The van der Waals surface area contributed by atoms with E-state index in [0.29, 0.717) is 0 Å². The van der Waals surface area contributed by atoms with Crippen LogP contribution in [0.5, 0.6) is 0 Å². The second kappa shape index (κ2) is 17.7. The third-order valence-electron chi connectivity index (χ3n) is 3.76. The maximum Gasteiger partial charge on any atom is -0.0351 e. The Morgan fingerprint density at radius 3 is 1.47 bits per heavy atom. The summed E-state index contributed by atoms with van der Waals surface area (Å²) in [4.78, 5) is 0. The van der Waals surface area contributed by atoms with Gasteiger partial charge in [-0.2, -0.15) is 0 Å². The molecule has 1 radical (unpaired) electrons. The lowest BCUT2D eigenvalue weighted by Gasteiger charge is -2.00. The van der Waals surface area contributed by atoms with E-state index in [1.807, 2.05) is 0 Å². The Hall–Kier alpha value is -0.260. The van der Waals surface area contributed by atoms with Crippen LogP contribution >= 0.6 is 0 Å². The van der Waals surface area contributed by atoms with E-state index in [9.17, 15) is 0 Å². The molecule has 0 saturated heterocycles. The first kappa shape index (κ1) is 18.7. The van der Waals surface area contributed by atoms with Crippen LogP contribution in [0, 0.1) is 6.92 Å². The first-order valence-electron chi connectivity index (χ1n) is 8.86. The van der Waals surface area contributed by atoms with Crippen LogP contribution in [0.15, 0.2) is 12.2 Å². The Labute approximate surface area is 123 Å². The second-order valence-corrected chi connectivity index (χ2v) is 5.79. The Morgan fingerprint density at radius 2 is 1.00 bits per heavy atom. The molecule has 0 nitrogen and oxygen atoms in total. The highest BCUT2D eigenvalue weighted by Crippen LogP contribution is 2.10. The lowest BCUT2D eigenvalue weighted by atomic mass is 10.1. The first-order valence-corrected chi connectivity index (χ1v) is 8.86. The van der Waals surface area contributed by atoms with Gasteiger partial charge in [0.1, 0.15) is 0 Å². The van der Waals surface area contributed by atoms with Crippen LogP contribution in [0.1, 0.15) is 103 Å². The van der Waals surface area contributed by atoms with Crippen molar-refractivity contribution in [2.24, 2.45) is 0 Å². The molecule has 0 N–H and O–H groups in total. The van der Waals surface area contributed by atoms with E-state index >= 15 is 0 Å². The predicted octanol–water partition coefficient (Wildman–Crippen LogP) is 7.25. The quantitative estimate of drug-likeness (QED) is 0.216. The van der Waals surface area contributed by atoms with Crippen molar-refractivity contribution in [3.8, 4) is 0 Å². The summed E-state index contributed by atoms with van der Waals surface area (Å²) in [5.41, 5.74) is 0. The molecule has 0 unspecified atom stereocenters. The minimum atomic E-state index is 1.11. The minimum absolute atomic E-state index is 1.11. The van der Waals surface area contributed by atoms with Crippen LogP contribution < -0.4 is 0 Å². The lowest BCUT2D eigenvalue weighted by Crippen LogP contribution is -1.80. The highest BCUT2D eigenvalue weighted by molar-refractivity contribution is 4.81. The van der Waals surface area contributed by atoms with E-state index in [1.54, 1.807) is 0 Å². The Morgan fingerprint density at radius 1 is 0.579 bits per heavy atom. The molecule has 0 aliphatic carbocycles. The summed E-state index contributed by atoms with van der Waals surface area (Å²) in [6.45, 7) is 6.16. The maximum absolute atomic E-state index is 3.88. The topological polar surface area (TPSA) is 0 Å².